The number of rotatable bonds is 3. The third kappa shape index (κ3) is 2.18. The summed E-state index contributed by atoms with van der Waals surface area (Å²) in [6.07, 6.45) is 3.56. The molecule has 84 valence electrons. The van der Waals surface area contributed by atoms with Gasteiger partial charge in [-0.15, -0.1) is 0 Å². The third-order valence-electron chi connectivity index (χ3n) is 2.51. The average molecular weight is 281 g/mol. The minimum absolute atomic E-state index is 0.0984. The zero-order chi connectivity index (χ0) is 11.5. The van der Waals surface area contributed by atoms with Crippen LogP contribution in [0.15, 0.2) is 39.7 Å². The molecule has 0 saturated heterocycles. The van der Waals surface area contributed by atoms with E-state index in [1.54, 1.807) is 6.26 Å². The van der Waals surface area contributed by atoms with Crippen LogP contribution in [0.5, 0.6) is 0 Å². The fourth-order valence-electron chi connectivity index (χ4n) is 1.66. The number of halogens is 1. The van der Waals surface area contributed by atoms with E-state index in [4.69, 9.17) is 4.42 Å². The van der Waals surface area contributed by atoms with Crippen LogP contribution in [0.1, 0.15) is 22.9 Å². The quantitative estimate of drug-likeness (QED) is 0.939. The summed E-state index contributed by atoms with van der Waals surface area (Å²) in [5.74, 6) is 0. The summed E-state index contributed by atoms with van der Waals surface area (Å²) in [4.78, 5) is 4.30. The minimum atomic E-state index is 0.0984. The highest BCUT2D eigenvalue weighted by Crippen LogP contribution is 2.28. The molecular weight excluding hydrogens is 268 g/mol. The van der Waals surface area contributed by atoms with Crippen molar-refractivity contribution >= 4 is 15.9 Å². The lowest BCUT2D eigenvalue weighted by atomic mass is 10.0. The molecule has 2 aromatic heterocycles. The van der Waals surface area contributed by atoms with E-state index in [0.29, 0.717) is 0 Å². The lowest BCUT2D eigenvalue weighted by Gasteiger charge is -2.15. The molecule has 0 aliphatic rings. The van der Waals surface area contributed by atoms with E-state index in [-0.39, 0.29) is 6.04 Å². The molecule has 0 bridgehead atoms. The molecule has 0 spiro atoms. The summed E-state index contributed by atoms with van der Waals surface area (Å²) in [5.41, 5.74) is 3.22. The highest BCUT2D eigenvalue weighted by atomic mass is 79.9. The van der Waals surface area contributed by atoms with Gasteiger partial charge in [0.2, 0.25) is 0 Å². The van der Waals surface area contributed by atoms with E-state index in [0.717, 1.165) is 21.5 Å². The zero-order valence-corrected chi connectivity index (χ0v) is 10.8. The number of aryl methyl sites for hydroxylation is 1. The Labute approximate surface area is 103 Å². The molecule has 0 aromatic carbocycles. The topological polar surface area (TPSA) is 38.1 Å². The molecule has 2 heterocycles. The fraction of sp³-hybridized carbons (Fsp3) is 0.250. The van der Waals surface area contributed by atoms with E-state index in [1.807, 2.05) is 32.3 Å². The van der Waals surface area contributed by atoms with Crippen LogP contribution in [0.25, 0.3) is 0 Å². The molecule has 0 radical (unpaired) electrons. The van der Waals surface area contributed by atoms with Gasteiger partial charge in [-0.3, -0.25) is 4.98 Å². The lowest BCUT2D eigenvalue weighted by molar-refractivity contribution is 0.530. The van der Waals surface area contributed by atoms with Gasteiger partial charge in [-0.25, -0.2) is 0 Å². The van der Waals surface area contributed by atoms with Crippen molar-refractivity contribution < 1.29 is 4.42 Å². The Kier molecular flexibility index (Phi) is 3.41. The highest BCUT2D eigenvalue weighted by molar-refractivity contribution is 9.10. The van der Waals surface area contributed by atoms with Gasteiger partial charge >= 0.3 is 0 Å². The second kappa shape index (κ2) is 4.80. The highest BCUT2D eigenvalue weighted by Gasteiger charge is 2.16. The van der Waals surface area contributed by atoms with Crippen molar-refractivity contribution in [2.75, 3.05) is 7.05 Å². The zero-order valence-electron chi connectivity index (χ0n) is 9.20. The third-order valence-corrected chi connectivity index (χ3v) is 3.16. The summed E-state index contributed by atoms with van der Waals surface area (Å²) in [5, 5.41) is 3.25. The van der Waals surface area contributed by atoms with Crippen LogP contribution in [-0.2, 0) is 0 Å². The van der Waals surface area contributed by atoms with Crippen LogP contribution in [0.2, 0.25) is 0 Å². The Morgan fingerprint density at radius 2 is 2.19 bits per heavy atom. The summed E-state index contributed by atoms with van der Waals surface area (Å²) in [6, 6.07) is 6.13. The number of nitrogens with zero attached hydrogens (tertiary/aromatic N) is 1. The van der Waals surface area contributed by atoms with E-state index >= 15 is 0 Å². The number of nitrogens with one attached hydrogen (secondary N) is 1. The lowest BCUT2D eigenvalue weighted by Crippen LogP contribution is -2.17. The van der Waals surface area contributed by atoms with Gasteiger partial charge in [-0.1, -0.05) is 6.07 Å². The van der Waals surface area contributed by atoms with Gasteiger partial charge in [-0.2, -0.15) is 0 Å². The van der Waals surface area contributed by atoms with E-state index in [2.05, 4.69) is 32.3 Å². The molecule has 4 heteroatoms. The van der Waals surface area contributed by atoms with Crippen LogP contribution < -0.4 is 5.32 Å². The molecule has 1 atom stereocenters. The Morgan fingerprint density at radius 3 is 2.69 bits per heavy atom. The second-order valence-corrected chi connectivity index (χ2v) is 4.32. The molecule has 0 amide bonds. The monoisotopic (exact) mass is 280 g/mol. The Balaban J connectivity index is 2.37. The van der Waals surface area contributed by atoms with Crippen LogP contribution in [0.3, 0.4) is 0 Å². The molecule has 2 aromatic rings. The van der Waals surface area contributed by atoms with Gasteiger partial charge in [0.25, 0.3) is 0 Å². The first-order chi connectivity index (χ1) is 7.72. The van der Waals surface area contributed by atoms with Crippen molar-refractivity contribution in [3.63, 3.8) is 0 Å². The summed E-state index contributed by atoms with van der Waals surface area (Å²) < 4.78 is 6.01. The number of hydrogen-bond acceptors (Lipinski definition) is 3. The summed E-state index contributed by atoms with van der Waals surface area (Å²) in [7, 11) is 1.92. The van der Waals surface area contributed by atoms with Crippen molar-refractivity contribution in [3.05, 3.63) is 52.1 Å². The first kappa shape index (κ1) is 11.4. The van der Waals surface area contributed by atoms with Crippen molar-refractivity contribution in [1.29, 1.82) is 0 Å². The number of pyridine rings is 1. The normalized spacial score (nSPS) is 12.7. The Morgan fingerprint density at radius 1 is 1.38 bits per heavy atom. The summed E-state index contributed by atoms with van der Waals surface area (Å²) in [6.45, 7) is 1.98. The summed E-state index contributed by atoms with van der Waals surface area (Å²) >= 11 is 3.39. The SMILES string of the molecule is CNC(c1ccc(C)nc1)c1ccoc1Br. The maximum Gasteiger partial charge on any atom is 0.174 e. The van der Waals surface area contributed by atoms with Gasteiger partial charge in [-0.05, 0) is 47.6 Å². The maximum absolute atomic E-state index is 5.25. The molecular formula is C12H13BrN2O. The van der Waals surface area contributed by atoms with Crippen LogP contribution in [0, 0.1) is 6.92 Å². The van der Waals surface area contributed by atoms with Gasteiger partial charge in [0, 0.05) is 17.5 Å². The van der Waals surface area contributed by atoms with Gasteiger partial charge in [0.15, 0.2) is 4.67 Å². The van der Waals surface area contributed by atoms with Gasteiger partial charge in [0.1, 0.15) is 0 Å². The molecule has 16 heavy (non-hydrogen) atoms. The van der Waals surface area contributed by atoms with Crippen molar-refractivity contribution in [2.45, 2.75) is 13.0 Å². The van der Waals surface area contributed by atoms with E-state index in [9.17, 15) is 0 Å². The van der Waals surface area contributed by atoms with Crippen LogP contribution >= 0.6 is 15.9 Å². The van der Waals surface area contributed by atoms with Gasteiger partial charge in [0.05, 0.1) is 12.3 Å². The minimum Gasteiger partial charge on any atom is -0.457 e. The largest absolute Gasteiger partial charge is 0.457 e. The van der Waals surface area contributed by atoms with Crippen LogP contribution in [0.4, 0.5) is 0 Å². The smallest absolute Gasteiger partial charge is 0.174 e. The number of hydrogen-bond donors (Lipinski definition) is 1. The van der Waals surface area contributed by atoms with Crippen molar-refractivity contribution in [3.8, 4) is 0 Å². The molecule has 0 saturated carbocycles. The molecule has 0 aliphatic heterocycles. The van der Waals surface area contributed by atoms with Crippen molar-refractivity contribution in [1.82, 2.24) is 10.3 Å². The first-order valence-corrected chi connectivity index (χ1v) is 5.84. The van der Waals surface area contributed by atoms with Crippen molar-refractivity contribution in [2.24, 2.45) is 0 Å². The molecule has 0 aliphatic carbocycles. The molecule has 3 nitrogen and oxygen atoms in total. The molecule has 1 N–H and O–H groups in total. The predicted octanol–water partition coefficient (Wildman–Crippen LogP) is 3.05. The average Bonchev–Trinajstić information content (AvgIpc) is 2.69. The van der Waals surface area contributed by atoms with Crippen LogP contribution in [-0.4, -0.2) is 12.0 Å². The number of aromatic nitrogens is 1. The first-order valence-electron chi connectivity index (χ1n) is 5.05. The Bertz CT molecular complexity index is 464. The molecule has 0 fully saturated rings. The van der Waals surface area contributed by atoms with E-state index < -0.39 is 0 Å². The second-order valence-electron chi connectivity index (χ2n) is 3.60. The van der Waals surface area contributed by atoms with Gasteiger partial charge < -0.3 is 9.73 Å². The number of furan rings is 1. The maximum atomic E-state index is 5.25. The standard InChI is InChI=1S/C12H13BrN2O/c1-8-3-4-9(7-15-8)11(14-2)10-5-6-16-12(10)13/h3-7,11,14H,1-2H3. The molecule has 1 unspecified atom stereocenters. The van der Waals surface area contributed by atoms with E-state index in [1.165, 1.54) is 0 Å². The predicted molar refractivity (Wildman–Crippen MR) is 66.3 cm³/mol. The fourth-order valence-corrected chi connectivity index (χ4v) is 2.13. The molecule has 2 rings (SSSR count). The Hall–Kier alpha value is -1.13.